The van der Waals surface area contributed by atoms with Gasteiger partial charge in [0.05, 0.1) is 18.5 Å². The average molecular weight is 417 g/mol. The molecule has 1 aliphatic heterocycles. The van der Waals surface area contributed by atoms with Crippen molar-refractivity contribution < 1.29 is 28.7 Å². The molecule has 3 rings (SSSR count). The Morgan fingerprint density at radius 1 is 1.21 bits per heavy atom. The van der Waals surface area contributed by atoms with Gasteiger partial charge in [-0.2, -0.15) is 0 Å². The lowest BCUT2D eigenvalue weighted by molar-refractivity contribution is -0.153. The van der Waals surface area contributed by atoms with Crippen LogP contribution in [0.4, 0.5) is 10.8 Å². The minimum absolute atomic E-state index is 0.116. The van der Waals surface area contributed by atoms with Crippen LogP contribution in [0, 0.1) is 0 Å². The van der Waals surface area contributed by atoms with Crippen molar-refractivity contribution in [2.24, 2.45) is 0 Å². The van der Waals surface area contributed by atoms with E-state index >= 15 is 0 Å². The smallest absolute Gasteiger partial charge is 0.326 e. The molecule has 29 heavy (non-hydrogen) atoms. The number of esters is 1. The molecule has 1 aromatic carbocycles. The van der Waals surface area contributed by atoms with Crippen molar-refractivity contribution in [3.8, 4) is 5.75 Å². The number of imide groups is 1. The predicted molar refractivity (Wildman–Crippen MR) is 104 cm³/mol. The fourth-order valence-corrected chi connectivity index (χ4v) is 3.68. The Kier molecular flexibility index (Phi) is 6.23. The summed E-state index contributed by atoms with van der Waals surface area (Å²) in [5.41, 5.74) is 0.991. The van der Waals surface area contributed by atoms with Crippen molar-refractivity contribution in [3.63, 3.8) is 0 Å². The third-order valence-corrected chi connectivity index (χ3v) is 5.07. The summed E-state index contributed by atoms with van der Waals surface area (Å²) in [7, 11) is 1.51. The number of anilines is 2. The highest BCUT2D eigenvalue weighted by Gasteiger charge is 2.31. The Morgan fingerprint density at radius 2 is 1.90 bits per heavy atom. The van der Waals surface area contributed by atoms with E-state index in [1.807, 2.05) is 0 Å². The van der Waals surface area contributed by atoms with Crippen LogP contribution in [0.3, 0.4) is 0 Å². The number of hydrogen-bond donors (Lipinski definition) is 0. The molecule has 0 N–H and O–H groups in total. The van der Waals surface area contributed by atoms with Crippen LogP contribution in [-0.2, 0) is 30.5 Å². The number of ether oxygens (including phenoxy) is 2. The van der Waals surface area contributed by atoms with Crippen LogP contribution in [0.2, 0.25) is 0 Å². The molecule has 1 aromatic heterocycles. The van der Waals surface area contributed by atoms with Crippen LogP contribution in [0.25, 0.3) is 0 Å². The van der Waals surface area contributed by atoms with E-state index in [-0.39, 0.29) is 37.2 Å². The van der Waals surface area contributed by atoms with Crippen LogP contribution < -0.4 is 9.64 Å². The fourth-order valence-electron chi connectivity index (χ4n) is 2.82. The zero-order chi connectivity index (χ0) is 21.0. The number of thiazole rings is 1. The van der Waals surface area contributed by atoms with Gasteiger partial charge < -0.3 is 9.47 Å². The van der Waals surface area contributed by atoms with Crippen LogP contribution in [0.5, 0.6) is 5.75 Å². The minimum Gasteiger partial charge on any atom is -0.495 e. The summed E-state index contributed by atoms with van der Waals surface area (Å²) in [6, 6.07) is 7.06. The highest BCUT2D eigenvalue weighted by Crippen LogP contribution is 2.35. The molecule has 2 aromatic rings. The molecule has 1 aliphatic rings. The molecule has 3 amide bonds. The van der Waals surface area contributed by atoms with E-state index in [2.05, 4.69) is 4.98 Å². The molecule has 1 saturated heterocycles. The van der Waals surface area contributed by atoms with Gasteiger partial charge in [-0.3, -0.25) is 29.0 Å². The van der Waals surface area contributed by atoms with E-state index in [0.29, 0.717) is 22.3 Å². The second-order valence-corrected chi connectivity index (χ2v) is 7.02. The molecule has 0 aliphatic carbocycles. The molecule has 0 spiro atoms. The third kappa shape index (κ3) is 4.60. The maximum absolute atomic E-state index is 12.2. The second kappa shape index (κ2) is 8.82. The molecule has 2 heterocycles. The van der Waals surface area contributed by atoms with Gasteiger partial charge in [0.25, 0.3) is 0 Å². The van der Waals surface area contributed by atoms with Crippen LogP contribution >= 0.6 is 11.3 Å². The van der Waals surface area contributed by atoms with Crippen molar-refractivity contribution in [3.05, 3.63) is 35.3 Å². The van der Waals surface area contributed by atoms with E-state index < -0.39 is 12.5 Å². The average Bonchev–Trinajstić information content (AvgIpc) is 3.28. The Labute approximate surface area is 170 Å². The van der Waals surface area contributed by atoms with Gasteiger partial charge in [0.15, 0.2) is 5.13 Å². The monoisotopic (exact) mass is 417 g/mol. The Bertz CT molecular complexity index is 941. The van der Waals surface area contributed by atoms with E-state index in [4.69, 9.17) is 9.47 Å². The number of likely N-dealkylation sites (tertiary alicyclic amines) is 1. The number of benzene rings is 1. The van der Waals surface area contributed by atoms with Crippen LogP contribution in [0.15, 0.2) is 29.6 Å². The lowest BCUT2D eigenvalue weighted by Gasteiger charge is -2.20. The van der Waals surface area contributed by atoms with Crippen LogP contribution in [0.1, 0.15) is 25.5 Å². The Balaban J connectivity index is 1.67. The predicted octanol–water partition coefficient (Wildman–Crippen LogP) is 2.03. The standard InChI is InChI=1S/C19H19N3O6S/c1-12(23)22(14-5-3-4-6-15(14)27-2)19-20-13(11-29-19)10-28-18(26)9-21-16(24)7-8-17(21)25/h3-6,11H,7-10H2,1-2H3. The van der Waals surface area contributed by atoms with E-state index in [0.717, 1.165) is 4.90 Å². The molecule has 0 radical (unpaired) electrons. The summed E-state index contributed by atoms with van der Waals surface area (Å²) in [5, 5.41) is 2.07. The van der Waals surface area contributed by atoms with Gasteiger partial charge in [0, 0.05) is 25.1 Å². The minimum atomic E-state index is -0.698. The van der Waals surface area contributed by atoms with Gasteiger partial charge in [-0.05, 0) is 12.1 Å². The molecule has 10 heteroatoms. The number of para-hydroxylation sites is 2. The third-order valence-electron chi connectivity index (χ3n) is 4.19. The van der Waals surface area contributed by atoms with Gasteiger partial charge in [0.2, 0.25) is 17.7 Å². The van der Waals surface area contributed by atoms with Gasteiger partial charge in [-0.15, -0.1) is 11.3 Å². The van der Waals surface area contributed by atoms with Crippen molar-refractivity contribution in [1.82, 2.24) is 9.88 Å². The molecule has 0 atom stereocenters. The number of rotatable bonds is 7. The lowest BCUT2D eigenvalue weighted by Crippen LogP contribution is -2.35. The number of carbonyl (C=O) groups is 4. The molecular formula is C19H19N3O6S. The van der Waals surface area contributed by atoms with Gasteiger partial charge in [-0.25, -0.2) is 4.98 Å². The summed E-state index contributed by atoms with van der Waals surface area (Å²) in [6.45, 7) is 0.871. The molecule has 0 saturated carbocycles. The molecule has 0 bridgehead atoms. The first-order valence-corrected chi connectivity index (χ1v) is 9.65. The van der Waals surface area contributed by atoms with Crippen LogP contribution in [-0.4, -0.2) is 47.2 Å². The van der Waals surface area contributed by atoms with Crippen molar-refractivity contribution in [1.29, 1.82) is 0 Å². The summed E-state index contributed by atoms with van der Waals surface area (Å²) in [5.74, 6) is -1.19. The molecular weight excluding hydrogens is 398 g/mol. The first-order valence-electron chi connectivity index (χ1n) is 8.77. The summed E-state index contributed by atoms with van der Waals surface area (Å²) < 4.78 is 10.4. The second-order valence-electron chi connectivity index (χ2n) is 6.18. The van der Waals surface area contributed by atoms with Crippen molar-refractivity contribution in [2.45, 2.75) is 26.4 Å². The maximum Gasteiger partial charge on any atom is 0.326 e. The van der Waals surface area contributed by atoms with Crippen molar-refractivity contribution >= 4 is 45.8 Å². The molecule has 0 unspecified atom stereocenters. The normalized spacial score (nSPS) is 13.5. The zero-order valence-corrected chi connectivity index (χ0v) is 16.7. The lowest BCUT2D eigenvalue weighted by atomic mass is 10.2. The van der Waals surface area contributed by atoms with E-state index in [1.165, 1.54) is 30.3 Å². The number of aromatic nitrogens is 1. The molecule has 152 valence electrons. The van der Waals surface area contributed by atoms with E-state index in [1.54, 1.807) is 29.6 Å². The number of methoxy groups -OCH3 is 1. The highest BCUT2D eigenvalue weighted by atomic mass is 32.1. The van der Waals surface area contributed by atoms with Crippen molar-refractivity contribution in [2.75, 3.05) is 18.6 Å². The summed E-state index contributed by atoms with van der Waals surface area (Å²) in [4.78, 5) is 54.0. The maximum atomic E-state index is 12.2. The fraction of sp³-hybridized carbons (Fsp3) is 0.316. The highest BCUT2D eigenvalue weighted by molar-refractivity contribution is 7.14. The van der Waals surface area contributed by atoms with Gasteiger partial charge in [-0.1, -0.05) is 12.1 Å². The number of amides is 3. The number of carbonyl (C=O) groups excluding carboxylic acids is 4. The largest absolute Gasteiger partial charge is 0.495 e. The number of hydrogen-bond acceptors (Lipinski definition) is 8. The zero-order valence-electron chi connectivity index (χ0n) is 15.9. The summed E-state index contributed by atoms with van der Waals surface area (Å²) >= 11 is 1.21. The summed E-state index contributed by atoms with van der Waals surface area (Å²) in [6.07, 6.45) is 0.233. The van der Waals surface area contributed by atoms with Gasteiger partial charge in [0.1, 0.15) is 18.9 Å². The SMILES string of the molecule is COc1ccccc1N(C(C)=O)c1nc(COC(=O)CN2C(=O)CCC2=O)cs1. The Hall–Kier alpha value is -3.27. The molecule has 1 fully saturated rings. The first kappa shape index (κ1) is 20.5. The Morgan fingerprint density at radius 3 is 2.55 bits per heavy atom. The number of nitrogens with zero attached hydrogens (tertiary/aromatic N) is 3. The molecule has 9 nitrogen and oxygen atoms in total. The first-order chi connectivity index (χ1) is 13.9. The van der Waals surface area contributed by atoms with E-state index in [9.17, 15) is 19.2 Å². The van der Waals surface area contributed by atoms with Gasteiger partial charge >= 0.3 is 5.97 Å². The quantitative estimate of drug-likeness (QED) is 0.501. The topological polar surface area (TPSA) is 106 Å².